The number of hydrogen-bond acceptors (Lipinski definition) is 26. The zero-order valence-electron chi connectivity index (χ0n) is 49.3. The Morgan fingerprint density at radius 1 is 0.663 bits per heavy atom. The first kappa shape index (κ1) is 78.9. The van der Waals surface area contributed by atoms with Gasteiger partial charge in [-0.05, 0) is 100 Å². The number of carboxylic acids is 1. The summed E-state index contributed by atoms with van der Waals surface area (Å²) < 4.78 is 106. The number of halogens is 12. The number of aromatic nitrogens is 6. The van der Waals surface area contributed by atoms with Crippen LogP contribution < -0.4 is 31.5 Å². The number of benzene rings is 2. The van der Waals surface area contributed by atoms with E-state index in [-0.39, 0.29) is 81.5 Å². The lowest BCUT2D eigenvalue weighted by Gasteiger charge is -2.26. The second-order valence-corrected chi connectivity index (χ2v) is 24.3. The van der Waals surface area contributed by atoms with E-state index in [1.54, 1.807) is 0 Å². The highest BCUT2D eigenvalue weighted by Gasteiger charge is 2.63. The Labute approximate surface area is 591 Å². The molecule has 2 aliphatic rings. The summed E-state index contributed by atoms with van der Waals surface area (Å²) >= 11 is 40.3. The van der Waals surface area contributed by atoms with E-state index in [0.29, 0.717) is 20.3 Å². The number of aliphatic carboxylic acids is 1. The number of nitro groups is 2. The minimum atomic E-state index is -4.06. The van der Waals surface area contributed by atoms with E-state index < -0.39 is 138 Å². The number of nitrogens with zero attached hydrogens (tertiary/aromatic N) is 8. The molecule has 6 aromatic rings. The van der Waals surface area contributed by atoms with Crippen LogP contribution in [0.5, 0.6) is 11.8 Å². The maximum atomic E-state index is 15.2. The Kier molecular flexibility index (Phi) is 27.5. The molecule has 0 bridgehead atoms. The zero-order chi connectivity index (χ0) is 72.9. The number of carbonyl (C=O) groups is 5. The van der Waals surface area contributed by atoms with Crippen molar-refractivity contribution in [2.45, 2.75) is 88.3 Å². The van der Waals surface area contributed by atoms with Crippen molar-refractivity contribution in [3.05, 3.63) is 165 Å². The lowest BCUT2D eigenvalue weighted by Crippen LogP contribution is -2.45. The fourth-order valence-corrected chi connectivity index (χ4v) is 9.58. The second kappa shape index (κ2) is 34.1. The third-order valence-corrected chi connectivity index (χ3v) is 15.1. The maximum Gasteiger partial charge on any atom is 0.509 e. The van der Waals surface area contributed by atoms with Crippen LogP contribution in [-0.4, -0.2) is 153 Å². The third kappa shape index (κ3) is 21.5. The van der Waals surface area contributed by atoms with Gasteiger partial charge in [0.1, 0.15) is 47.7 Å². The van der Waals surface area contributed by atoms with E-state index in [9.17, 15) is 72.8 Å². The van der Waals surface area contributed by atoms with Crippen LogP contribution in [0.1, 0.15) is 44.4 Å². The average Bonchev–Trinajstić information content (AvgIpc) is 1.60. The number of pyridine rings is 2. The van der Waals surface area contributed by atoms with E-state index in [0.717, 1.165) is 12.4 Å². The standard InChI is InChI=1S/C24H17BrCl3F2N5O10.C22H23BrF2N4O10.C7H4Cl3NO3/c25-12-6-34(22(38)32-19(12)33-23(39)44-7-10-1-3-11(4-2-10)35(40)41)21-24(29,30)17(37)15(45-21)8-42-16(36)9-43-20-14(27)5-13(26)18(28)31-20;1-21(2,3)39-20(33)38-15-14(9-30)37-17(22(15,24)25)28-8-13(23)16(26-18(28)31)27-19(32)36-10-11-4-6-12(7-5-11)29(34)35;8-3-1-4(9)7(11-6(3)10)14-2-5(12)13/h1-6,15,17,21,37H,7-9H2,(H,32,33,38,39);4-8,14-15,17,30H,9-10H2,1-3H3,(H,26,27,31,32);1H,2H2,(H,12,13)/t15-,17?,21-;14-,15?,17-;/m11./s1. The van der Waals surface area contributed by atoms with Crippen molar-refractivity contribution < 1.29 is 109 Å². The molecule has 8 rings (SSSR count). The summed E-state index contributed by atoms with van der Waals surface area (Å²) in [6.07, 6.45) is -14.9. The van der Waals surface area contributed by atoms with Crippen LogP contribution >= 0.6 is 101 Å². The Balaban J connectivity index is 0.000000260. The number of nitrogens with one attached hydrogen (secondary N) is 2. The van der Waals surface area contributed by atoms with Gasteiger partial charge in [0, 0.05) is 36.7 Å². The number of amides is 2. The van der Waals surface area contributed by atoms with Gasteiger partial charge in [0.2, 0.25) is 30.3 Å². The fraction of sp³-hybridized carbons (Fsp3) is 0.340. The van der Waals surface area contributed by atoms with Crippen LogP contribution in [0.25, 0.3) is 0 Å². The molecule has 2 unspecified atom stereocenters. The Hall–Kier alpha value is -8.09. The summed E-state index contributed by atoms with van der Waals surface area (Å²) in [7, 11) is 0. The Bertz CT molecular complexity index is 4100. The van der Waals surface area contributed by atoms with Gasteiger partial charge in [-0.15, -0.1) is 0 Å². The van der Waals surface area contributed by atoms with Crippen molar-refractivity contribution in [1.82, 2.24) is 29.1 Å². The molecule has 45 heteroatoms. The minimum absolute atomic E-state index is 0.0106. The number of rotatable bonds is 20. The molecule has 6 heterocycles. The summed E-state index contributed by atoms with van der Waals surface area (Å²) in [6.45, 7) is 0.776. The minimum Gasteiger partial charge on any atom is -0.479 e. The average molecular weight is 1640 g/mol. The molecule has 2 amide bonds. The summed E-state index contributed by atoms with van der Waals surface area (Å²) in [5, 5.41) is 53.9. The molecule has 2 fully saturated rings. The SMILES string of the molecule is CC(C)(C)OC(=O)OC1[C@@H](CO)O[C@@H](n2cc(Br)c(NC(=O)OCc3ccc([N+](=O)[O-])cc3)nc2=O)C1(F)F.O=C(COc1nc(Cl)c(Cl)cc1Cl)OC[C@H]1O[C@@H](n2cc(Br)c(NC(=O)OCc3ccc([N+](=O)[O-])cc3)nc2=O)C(F)(F)C1O.O=C(O)COc1nc(Cl)c(Cl)cc1Cl. The number of ether oxygens (including phenoxy) is 9. The highest BCUT2D eigenvalue weighted by molar-refractivity contribution is 9.11. The number of aliphatic hydroxyl groups is 2. The smallest absolute Gasteiger partial charge is 0.479 e. The number of non-ortho nitro benzene ring substituents is 2. The second-order valence-electron chi connectivity index (χ2n) is 20.3. The van der Waals surface area contributed by atoms with Crippen LogP contribution in [0.3, 0.4) is 0 Å². The predicted octanol–water partition coefficient (Wildman–Crippen LogP) is 10.5. The van der Waals surface area contributed by atoms with Gasteiger partial charge in [-0.1, -0.05) is 69.6 Å². The first-order chi connectivity index (χ1) is 45.8. The molecular formula is C53H44Br2Cl6F4N10O23. The van der Waals surface area contributed by atoms with Gasteiger partial charge in [-0.2, -0.15) is 37.5 Å². The van der Waals surface area contributed by atoms with Gasteiger partial charge in [0.15, 0.2) is 41.3 Å². The van der Waals surface area contributed by atoms with Crippen molar-refractivity contribution in [3.63, 3.8) is 0 Å². The van der Waals surface area contributed by atoms with Gasteiger partial charge < -0.3 is 58.0 Å². The summed E-state index contributed by atoms with van der Waals surface area (Å²) in [4.78, 5) is 119. The van der Waals surface area contributed by atoms with Gasteiger partial charge in [-0.25, -0.2) is 33.6 Å². The van der Waals surface area contributed by atoms with Crippen LogP contribution in [0, 0.1) is 20.2 Å². The van der Waals surface area contributed by atoms with Gasteiger partial charge in [-0.3, -0.25) is 40.0 Å². The summed E-state index contributed by atoms with van der Waals surface area (Å²) in [6, 6.07) is 12.9. The van der Waals surface area contributed by atoms with E-state index in [4.69, 9.17) is 117 Å². The number of alkyl halides is 4. The highest BCUT2D eigenvalue weighted by Crippen LogP contribution is 2.45. The topological polar surface area (TPSA) is 435 Å². The Morgan fingerprint density at radius 2 is 1.08 bits per heavy atom. The van der Waals surface area contributed by atoms with Crippen molar-refractivity contribution in [1.29, 1.82) is 0 Å². The third-order valence-electron chi connectivity index (χ3n) is 12.1. The molecule has 2 saturated heterocycles. The number of anilines is 2. The van der Waals surface area contributed by atoms with E-state index in [1.165, 1.54) is 81.4 Å². The van der Waals surface area contributed by atoms with Crippen LogP contribution in [-0.2, 0) is 56.0 Å². The van der Waals surface area contributed by atoms with E-state index in [1.807, 2.05) is 0 Å². The lowest BCUT2D eigenvalue weighted by molar-refractivity contribution is -0.385. The number of aliphatic hydroxyl groups excluding tert-OH is 2. The number of carboxylic acid groups (broad SMARTS) is 1. The van der Waals surface area contributed by atoms with Crippen molar-refractivity contribution in [2.75, 3.05) is 37.1 Å². The summed E-state index contributed by atoms with van der Waals surface area (Å²) in [5.74, 6) is -11.3. The number of hydrogen-bond donors (Lipinski definition) is 5. The molecule has 5 N–H and O–H groups in total. The van der Waals surface area contributed by atoms with E-state index >= 15 is 8.78 Å². The lowest BCUT2D eigenvalue weighted by atomic mass is 10.1. The molecule has 0 spiro atoms. The normalized spacial score (nSPS) is 18.1. The quantitative estimate of drug-likeness (QED) is 0.0118. The molecule has 0 saturated carbocycles. The first-order valence-electron chi connectivity index (χ1n) is 26.6. The Morgan fingerprint density at radius 3 is 1.49 bits per heavy atom. The van der Waals surface area contributed by atoms with Crippen LogP contribution in [0.2, 0.25) is 30.4 Å². The molecule has 0 radical (unpaired) electrons. The maximum absolute atomic E-state index is 15.2. The molecule has 0 aliphatic carbocycles. The first-order valence-corrected chi connectivity index (χ1v) is 30.5. The molecule has 98 heavy (non-hydrogen) atoms. The molecule has 4 aromatic heterocycles. The van der Waals surface area contributed by atoms with Crippen molar-refractivity contribution in [2.24, 2.45) is 0 Å². The number of carbonyl (C=O) groups excluding carboxylic acids is 4. The van der Waals surface area contributed by atoms with Crippen molar-refractivity contribution >= 4 is 155 Å². The summed E-state index contributed by atoms with van der Waals surface area (Å²) in [5.41, 5.74) is -3.10. The van der Waals surface area contributed by atoms with Gasteiger partial charge >= 0.3 is 53.5 Å². The molecular weight excluding hydrogens is 1590 g/mol. The van der Waals surface area contributed by atoms with Crippen LogP contribution in [0.4, 0.5) is 55.0 Å². The number of esters is 1. The molecule has 6 atom stereocenters. The molecule has 33 nitrogen and oxygen atoms in total. The highest BCUT2D eigenvalue weighted by atomic mass is 79.9. The molecule has 528 valence electrons. The van der Waals surface area contributed by atoms with Crippen molar-refractivity contribution in [3.8, 4) is 11.8 Å². The largest absolute Gasteiger partial charge is 0.509 e. The zero-order valence-corrected chi connectivity index (χ0v) is 57.0. The monoisotopic (exact) mass is 1630 g/mol. The fourth-order valence-electron chi connectivity index (χ4n) is 7.67. The van der Waals surface area contributed by atoms with Gasteiger partial charge in [0.25, 0.3) is 11.4 Å². The van der Waals surface area contributed by atoms with E-state index in [2.05, 4.69) is 62.4 Å². The molecule has 2 aromatic carbocycles. The van der Waals surface area contributed by atoms with Crippen LogP contribution in [0.15, 0.2) is 91.6 Å². The molecule has 2 aliphatic heterocycles. The predicted molar refractivity (Wildman–Crippen MR) is 336 cm³/mol. The number of nitro benzene ring substituents is 2. The van der Waals surface area contributed by atoms with Gasteiger partial charge in [0.05, 0.1) is 35.4 Å².